The van der Waals surface area contributed by atoms with Gasteiger partial charge in [-0.15, -0.1) is 15.0 Å². The maximum atomic E-state index is 11.4. The number of benzene rings is 2. The van der Waals surface area contributed by atoms with Crippen LogP contribution in [0.2, 0.25) is 5.02 Å². The number of fused-ring (bicyclic) bond motifs is 1. The summed E-state index contributed by atoms with van der Waals surface area (Å²) in [6, 6.07) is 7.17. The van der Waals surface area contributed by atoms with Crippen LogP contribution in [0, 0.1) is 6.92 Å². The Morgan fingerprint density at radius 3 is 2.62 bits per heavy atom. The van der Waals surface area contributed by atoms with Gasteiger partial charge in [-0.25, -0.2) is 4.79 Å². The molecule has 152 valence electrons. The maximum Gasteiger partial charge on any atom is 0.330 e. The number of aromatic nitrogens is 3. The second kappa shape index (κ2) is 7.87. The summed E-state index contributed by atoms with van der Waals surface area (Å²) in [5.74, 6) is -0.374. The van der Waals surface area contributed by atoms with Crippen molar-refractivity contribution in [1.82, 2.24) is 15.0 Å². The third-order valence-electron chi connectivity index (χ3n) is 4.79. The number of hydrogen-bond donors (Lipinski definition) is 1. The molecule has 29 heavy (non-hydrogen) atoms. The number of carbonyl (C=O) groups excluding carboxylic acids is 1. The molecule has 0 radical (unpaired) electrons. The van der Waals surface area contributed by atoms with Gasteiger partial charge >= 0.3 is 5.97 Å². The van der Waals surface area contributed by atoms with E-state index in [4.69, 9.17) is 16.3 Å². The number of hydrogen-bond acceptors (Lipinski definition) is 5. The first-order valence-corrected chi connectivity index (χ1v) is 9.67. The van der Waals surface area contributed by atoms with Crippen LogP contribution in [0.15, 0.2) is 36.9 Å². The van der Waals surface area contributed by atoms with Gasteiger partial charge in [0.2, 0.25) is 0 Å². The summed E-state index contributed by atoms with van der Waals surface area (Å²) < 4.78 is 5.14. The Morgan fingerprint density at radius 1 is 1.28 bits per heavy atom. The van der Waals surface area contributed by atoms with Crippen molar-refractivity contribution in [3.8, 4) is 11.4 Å². The fourth-order valence-corrected chi connectivity index (χ4v) is 3.45. The number of nitrogens with zero attached hydrogens (tertiary/aromatic N) is 3. The van der Waals surface area contributed by atoms with E-state index >= 15 is 0 Å². The molecule has 0 atom stereocenters. The van der Waals surface area contributed by atoms with Crippen LogP contribution in [0.1, 0.15) is 37.5 Å². The molecule has 3 rings (SSSR count). The molecular formula is C22H24ClN3O3. The fourth-order valence-electron chi connectivity index (χ4n) is 3.28. The van der Waals surface area contributed by atoms with Crippen molar-refractivity contribution >= 4 is 28.6 Å². The molecule has 0 saturated carbocycles. The van der Waals surface area contributed by atoms with E-state index in [9.17, 15) is 9.90 Å². The van der Waals surface area contributed by atoms with Gasteiger partial charge in [-0.3, -0.25) is 0 Å². The van der Waals surface area contributed by atoms with Crippen LogP contribution in [0.3, 0.4) is 0 Å². The van der Waals surface area contributed by atoms with Crippen molar-refractivity contribution in [1.29, 1.82) is 0 Å². The van der Waals surface area contributed by atoms with Crippen molar-refractivity contribution in [2.75, 3.05) is 6.61 Å². The molecule has 0 bridgehead atoms. The first kappa shape index (κ1) is 20.9. The molecule has 0 unspecified atom stereocenters. The molecule has 0 aliphatic carbocycles. The Morgan fingerprint density at radius 2 is 1.97 bits per heavy atom. The number of aromatic hydroxyl groups is 1. The van der Waals surface area contributed by atoms with Gasteiger partial charge in [-0.1, -0.05) is 39.0 Å². The molecule has 0 aliphatic rings. The van der Waals surface area contributed by atoms with Crippen LogP contribution < -0.4 is 0 Å². The Hall–Kier alpha value is -2.86. The lowest BCUT2D eigenvalue weighted by molar-refractivity contribution is -0.137. The highest BCUT2D eigenvalue weighted by Crippen LogP contribution is 2.37. The zero-order chi connectivity index (χ0) is 21.3. The summed E-state index contributed by atoms with van der Waals surface area (Å²) in [5.41, 5.74) is 4.29. The van der Waals surface area contributed by atoms with Gasteiger partial charge in [0.15, 0.2) is 0 Å². The molecule has 3 aromatic rings. The quantitative estimate of drug-likeness (QED) is 0.486. The number of phenols is 1. The summed E-state index contributed by atoms with van der Waals surface area (Å²) in [5, 5.41) is 20.4. The number of phenolic OH excluding ortho intramolecular Hbond substituents is 1. The van der Waals surface area contributed by atoms with E-state index in [0.717, 1.165) is 17.2 Å². The minimum absolute atomic E-state index is 0.0921. The summed E-state index contributed by atoms with van der Waals surface area (Å²) in [6.45, 7) is 11.7. The second-order valence-corrected chi connectivity index (χ2v) is 8.33. The number of rotatable bonds is 5. The summed E-state index contributed by atoms with van der Waals surface area (Å²) in [4.78, 5) is 12.8. The van der Waals surface area contributed by atoms with E-state index in [2.05, 4.69) is 37.5 Å². The average molecular weight is 414 g/mol. The van der Waals surface area contributed by atoms with Crippen LogP contribution in [0.5, 0.6) is 5.75 Å². The monoisotopic (exact) mass is 413 g/mol. The van der Waals surface area contributed by atoms with Gasteiger partial charge in [-0.2, -0.15) is 0 Å². The number of carbonyl (C=O) groups is 1. The Labute approximate surface area is 174 Å². The first-order chi connectivity index (χ1) is 13.6. The summed E-state index contributed by atoms with van der Waals surface area (Å²) in [6.07, 6.45) is 1.62. The van der Waals surface area contributed by atoms with Gasteiger partial charge < -0.3 is 9.84 Å². The van der Waals surface area contributed by atoms with Gasteiger partial charge in [0.05, 0.1) is 6.61 Å². The number of ether oxygens (including phenoxy) is 1. The van der Waals surface area contributed by atoms with Crippen molar-refractivity contribution in [2.45, 2.75) is 39.5 Å². The minimum Gasteiger partial charge on any atom is -0.505 e. The second-order valence-electron chi connectivity index (χ2n) is 7.89. The van der Waals surface area contributed by atoms with Crippen molar-refractivity contribution < 1.29 is 14.6 Å². The predicted octanol–water partition coefficient (Wildman–Crippen LogP) is 4.66. The first-order valence-electron chi connectivity index (χ1n) is 9.30. The molecule has 1 aromatic heterocycles. The molecule has 1 heterocycles. The van der Waals surface area contributed by atoms with Crippen molar-refractivity contribution in [3.05, 3.63) is 58.6 Å². The maximum absolute atomic E-state index is 11.4. The fraction of sp³-hybridized carbons (Fsp3) is 0.318. The Bertz CT molecular complexity index is 1100. The van der Waals surface area contributed by atoms with Crippen LogP contribution in [0.4, 0.5) is 0 Å². The molecule has 0 saturated heterocycles. The molecule has 0 amide bonds. The SMILES string of the molecule is C=CC(=O)OCCc1c(C(C)(C)C)cc(-n2nc3ccc(Cl)cc3n2)c(O)c1C. The minimum atomic E-state index is -0.466. The molecule has 6 nitrogen and oxygen atoms in total. The zero-order valence-electron chi connectivity index (χ0n) is 17.0. The van der Waals surface area contributed by atoms with Crippen LogP contribution in [0.25, 0.3) is 16.7 Å². The molecule has 0 fully saturated rings. The third kappa shape index (κ3) is 4.27. The van der Waals surface area contributed by atoms with Crippen molar-refractivity contribution in [3.63, 3.8) is 0 Å². The van der Waals surface area contributed by atoms with E-state index < -0.39 is 5.97 Å². The van der Waals surface area contributed by atoms with E-state index in [1.165, 1.54) is 4.80 Å². The standard InChI is InChI=1S/C22H24ClN3O3/c1-6-20(27)29-10-9-15-13(2)21(28)19(12-16(15)22(3,4)5)26-24-17-8-7-14(23)11-18(17)25-26/h6-8,11-12,28H,1,9-10H2,2-5H3. The number of halogens is 1. The Balaban J connectivity index is 2.10. The van der Waals surface area contributed by atoms with Gasteiger partial charge in [0.1, 0.15) is 22.5 Å². The number of esters is 1. The van der Waals surface area contributed by atoms with E-state index in [-0.39, 0.29) is 17.8 Å². The Kier molecular flexibility index (Phi) is 5.66. The highest BCUT2D eigenvalue weighted by molar-refractivity contribution is 6.31. The van der Waals surface area contributed by atoms with E-state index in [0.29, 0.717) is 33.7 Å². The lowest BCUT2D eigenvalue weighted by Gasteiger charge is -2.26. The largest absolute Gasteiger partial charge is 0.505 e. The molecule has 2 aromatic carbocycles. The average Bonchev–Trinajstić information content (AvgIpc) is 3.06. The van der Waals surface area contributed by atoms with Crippen molar-refractivity contribution in [2.24, 2.45) is 0 Å². The summed E-state index contributed by atoms with van der Waals surface area (Å²) in [7, 11) is 0. The van der Waals surface area contributed by atoms with Crippen LogP contribution in [-0.2, 0) is 21.4 Å². The molecule has 0 spiro atoms. The molecule has 7 heteroatoms. The highest BCUT2D eigenvalue weighted by atomic mass is 35.5. The van der Waals surface area contributed by atoms with Gasteiger partial charge in [0.25, 0.3) is 0 Å². The normalized spacial score (nSPS) is 11.6. The highest BCUT2D eigenvalue weighted by Gasteiger charge is 2.25. The molecule has 0 aliphatic heterocycles. The summed E-state index contributed by atoms with van der Waals surface area (Å²) >= 11 is 6.05. The van der Waals surface area contributed by atoms with Crippen LogP contribution in [-0.4, -0.2) is 32.7 Å². The molecule has 1 N–H and O–H groups in total. The van der Waals surface area contributed by atoms with Crippen LogP contribution >= 0.6 is 11.6 Å². The smallest absolute Gasteiger partial charge is 0.330 e. The van der Waals surface area contributed by atoms with E-state index in [1.807, 2.05) is 13.0 Å². The lowest BCUT2D eigenvalue weighted by Crippen LogP contribution is -2.18. The van der Waals surface area contributed by atoms with Gasteiger partial charge in [0, 0.05) is 17.5 Å². The van der Waals surface area contributed by atoms with Gasteiger partial charge in [-0.05, 0) is 53.3 Å². The van der Waals surface area contributed by atoms with E-state index in [1.54, 1.807) is 18.2 Å². The zero-order valence-corrected chi connectivity index (χ0v) is 17.7. The topological polar surface area (TPSA) is 77.2 Å². The third-order valence-corrected chi connectivity index (χ3v) is 5.02. The molecular weight excluding hydrogens is 390 g/mol. The predicted molar refractivity (Wildman–Crippen MR) is 114 cm³/mol. The lowest BCUT2D eigenvalue weighted by atomic mass is 9.80.